The molecule has 1 aliphatic rings. The van der Waals surface area contributed by atoms with E-state index >= 15 is 0 Å². The lowest BCUT2D eigenvalue weighted by atomic mass is 10.1. The Balaban J connectivity index is 1.72. The van der Waals surface area contributed by atoms with Gasteiger partial charge in [0.25, 0.3) is 0 Å². The number of carbonyl (C=O) groups is 1. The van der Waals surface area contributed by atoms with Gasteiger partial charge in [0.15, 0.2) is 0 Å². The Labute approximate surface area is 108 Å². The van der Waals surface area contributed by atoms with Gasteiger partial charge in [0.05, 0.1) is 0 Å². The lowest BCUT2D eigenvalue weighted by Crippen LogP contribution is -2.43. The molecular weight excluding hydrogens is 226 g/mol. The summed E-state index contributed by atoms with van der Waals surface area (Å²) in [5.74, 6) is 0. The number of carbonyl (C=O) groups excluding carboxylic acids is 1. The minimum Gasteiger partial charge on any atom is -0.336 e. The lowest BCUT2D eigenvalue weighted by Gasteiger charge is -2.16. The number of hydrogen-bond donors (Lipinski definition) is 3. The molecule has 1 aromatic rings. The Hall–Kier alpha value is -1.55. The van der Waals surface area contributed by atoms with Gasteiger partial charge in [-0.1, -0.05) is 43.2 Å². The Bertz CT molecular complexity index is 374. The fraction of sp³-hybridized carbons (Fsp3) is 0.500. The number of nitrogens with two attached hydrogens (primary N) is 1. The van der Waals surface area contributed by atoms with E-state index in [1.54, 1.807) is 0 Å². The molecule has 0 heterocycles. The summed E-state index contributed by atoms with van der Waals surface area (Å²) < 4.78 is 0. The SMILES string of the molecule is NC(CNC(=O)NC1CCCC1)c1ccccc1. The van der Waals surface area contributed by atoms with Gasteiger partial charge in [0.2, 0.25) is 0 Å². The zero-order valence-electron chi connectivity index (χ0n) is 10.6. The Morgan fingerprint density at radius 2 is 1.94 bits per heavy atom. The van der Waals surface area contributed by atoms with E-state index in [0.29, 0.717) is 12.6 Å². The van der Waals surface area contributed by atoms with Crippen molar-refractivity contribution in [3.05, 3.63) is 35.9 Å². The van der Waals surface area contributed by atoms with Crippen LogP contribution >= 0.6 is 0 Å². The highest BCUT2D eigenvalue weighted by Gasteiger charge is 2.17. The quantitative estimate of drug-likeness (QED) is 0.761. The minimum atomic E-state index is -0.152. The summed E-state index contributed by atoms with van der Waals surface area (Å²) in [5.41, 5.74) is 7.05. The summed E-state index contributed by atoms with van der Waals surface area (Å²) in [6.07, 6.45) is 4.62. The third kappa shape index (κ3) is 3.74. The second-order valence-electron chi connectivity index (χ2n) is 4.85. The molecule has 4 heteroatoms. The number of amides is 2. The first-order valence-corrected chi connectivity index (χ1v) is 6.60. The molecule has 0 radical (unpaired) electrons. The molecule has 0 aromatic heterocycles. The van der Waals surface area contributed by atoms with Crippen molar-refractivity contribution in [2.75, 3.05) is 6.54 Å². The van der Waals surface area contributed by atoms with Crippen LogP contribution in [0.2, 0.25) is 0 Å². The lowest BCUT2D eigenvalue weighted by molar-refractivity contribution is 0.236. The largest absolute Gasteiger partial charge is 0.336 e. The van der Waals surface area contributed by atoms with Crippen molar-refractivity contribution in [1.82, 2.24) is 10.6 Å². The van der Waals surface area contributed by atoms with Crippen molar-refractivity contribution in [2.24, 2.45) is 5.73 Å². The van der Waals surface area contributed by atoms with Gasteiger partial charge in [0, 0.05) is 18.6 Å². The van der Waals surface area contributed by atoms with E-state index < -0.39 is 0 Å². The van der Waals surface area contributed by atoms with Gasteiger partial charge in [-0.2, -0.15) is 0 Å². The molecule has 1 saturated carbocycles. The number of rotatable bonds is 4. The van der Waals surface area contributed by atoms with Gasteiger partial charge < -0.3 is 16.4 Å². The maximum atomic E-state index is 11.7. The fourth-order valence-corrected chi connectivity index (χ4v) is 2.33. The van der Waals surface area contributed by atoms with Crippen LogP contribution < -0.4 is 16.4 Å². The van der Waals surface area contributed by atoms with Crippen LogP contribution in [-0.4, -0.2) is 18.6 Å². The summed E-state index contributed by atoms with van der Waals surface area (Å²) >= 11 is 0. The second-order valence-corrected chi connectivity index (χ2v) is 4.85. The molecule has 0 spiro atoms. The number of benzene rings is 1. The number of urea groups is 1. The van der Waals surface area contributed by atoms with Gasteiger partial charge in [0.1, 0.15) is 0 Å². The van der Waals surface area contributed by atoms with E-state index in [1.807, 2.05) is 30.3 Å². The summed E-state index contributed by atoms with van der Waals surface area (Å²) in [4.78, 5) is 11.7. The van der Waals surface area contributed by atoms with Crippen LogP contribution in [0.1, 0.15) is 37.3 Å². The third-order valence-electron chi connectivity index (χ3n) is 3.40. The first kappa shape index (κ1) is 12.9. The number of hydrogen-bond acceptors (Lipinski definition) is 2. The zero-order chi connectivity index (χ0) is 12.8. The summed E-state index contributed by atoms with van der Waals surface area (Å²) in [5, 5.41) is 5.81. The van der Waals surface area contributed by atoms with Crippen molar-refractivity contribution >= 4 is 6.03 Å². The first-order valence-electron chi connectivity index (χ1n) is 6.60. The van der Waals surface area contributed by atoms with E-state index in [9.17, 15) is 4.79 Å². The first-order chi connectivity index (χ1) is 8.75. The molecular formula is C14H21N3O. The van der Waals surface area contributed by atoms with Crippen LogP contribution in [0.4, 0.5) is 4.79 Å². The van der Waals surface area contributed by atoms with Crippen LogP contribution in [0.3, 0.4) is 0 Å². The molecule has 0 saturated heterocycles. The molecule has 4 nitrogen and oxygen atoms in total. The van der Waals surface area contributed by atoms with E-state index in [4.69, 9.17) is 5.73 Å². The normalized spacial score (nSPS) is 17.4. The summed E-state index contributed by atoms with van der Waals surface area (Å²) in [6, 6.07) is 9.90. The van der Waals surface area contributed by atoms with Gasteiger partial charge in [-0.25, -0.2) is 4.79 Å². The van der Waals surface area contributed by atoms with Crippen molar-refractivity contribution in [3.63, 3.8) is 0 Å². The van der Waals surface area contributed by atoms with Gasteiger partial charge in [-0.15, -0.1) is 0 Å². The Kier molecular flexibility index (Phi) is 4.59. The molecule has 98 valence electrons. The van der Waals surface area contributed by atoms with Crippen LogP contribution in [0.15, 0.2) is 30.3 Å². The third-order valence-corrected chi connectivity index (χ3v) is 3.40. The van der Waals surface area contributed by atoms with E-state index in [1.165, 1.54) is 12.8 Å². The molecule has 2 amide bonds. The standard InChI is InChI=1S/C14H21N3O/c15-13(11-6-2-1-3-7-11)10-16-14(18)17-12-8-4-5-9-12/h1-3,6-7,12-13H,4-5,8-10,15H2,(H2,16,17,18). The molecule has 2 rings (SSSR count). The zero-order valence-corrected chi connectivity index (χ0v) is 10.6. The van der Waals surface area contributed by atoms with Gasteiger partial charge >= 0.3 is 6.03 Å². The molecule has 1 atom stereocenters. The predicted molar refractivity (Wildman–Crippen MR) is 72.2 cm³/mol. The molecule has 1 unspecified atom stereocenters. The van der Waals surface area contributed by atoms with Crippen LogP contribution in [0, 0.1) is 0 Å². The second kappa shape index (κ2) is 6.40. The Morgan fingerprint density at radius 1 is 1.28 bits per heavy atom. The maximum Gasteiger partial charge on any atom is 0.315 e. The van der Waals surface area contributed by atoms with Crippen molar-refractivity contribution in [1.29, 1.82) is 0 Å². The number of nitrogens with one attached hydrogen (secondary N) is 2. The average Bonchev–Trinajstić information content (AvgIpc) is 2.90. The van der Waals surface area contributed by atoms with E-state index in [-0.39, 0.29) is 12.1 Å². The molecule has 18 heavy (non-hydrogen) atoms. The molecule has 1 fully saturated rings. The molecule has 1 aliphatic carbocycles. The van der Waals surface area contributed by atoms with Crippen LogP contribution in [0.5, 0.6) is 0 Å². The molecule has 0 aliphatic heterocycles. The summed E-state index contributed by atoms with van der Waals surface area (Å²) in [6.45, 7) is 0.461. The van der Waals surface area contributed by atoms with Gasteiger partial charge in [-0.05, 0) is 18.4 Å². The molecule has 0 bridgehead atoms. The maximum absolute atomic E-state index is 11.7. The smallest absolute Gasteiger partial charge is 0.315 e. The van der Waals surface area contributed by atoms with E-state index in [0.717, 1.165) is 18.4 Å². The fourth-order valence-electron chi connectivity index (χ4n) is 2.33. The van der Waals surface area contributed by atoms with E-state index in [2.05, 4.69) is 10.6 Å². The monoisotopic (exact) mass is 247 g/mol. The average molecular weight is 247 g/mol. The van der Waals surface area contributed by atoms with Gasteiger partial charge in [-0.3, -0.25) is 0 Å². The highest BCUT2D eigenvalue weighted by atomic mass is 16.2. The Morgan fingerprint density at radius 3 is 2.61 bits per heavy atom. The highest BCUT2D eigenvalue weighted by molar-refractivity contribution is 5.74. The van der Waals surface area contributed by atoms with Crippen molar-refractivity contribution in [3.8, 4) is 0 Å². The minimum absolute atomic E-state index is 0.103. The summed E-state index contributed by atoms with van der Waals surface area (Å²) in [7, 11) is 0. The van der Waals surface area contributed by atoms with Crippen molar-refractivity contribution in [2.45, 2.75) is 37.8 Å². The van der Waals surface area contributed by atoms with Crippen molar-refractivity contribution < 1.29 is 4.79 Å². The molecule has 4 N–H and O–H groups in total. The van der Waals surface area contributed by atoms with Crippen LogP contribution in [0.25, 0.3) is 0 Å². The van der Waals surface area contributed by atoms with Crippen LogP contribution in [-0.2, 0) is 0 Å². The highest BCUT2D eigenvalue weighted by Crippen LogP contribution is 2.17. The predicted octanol–water partition coefficient (Wildman–Crippen LogP) is 1.93. The topological polar surface area (TPSA) is 67.1 Å². The molecule has 1 aromatic carbocycles.